The van der Waals surface area contributed by atoms with Crippen molar-refractivity contribution in [2.75, 3.05) is 0 Å². The van der Waals surface area contributed by atoms with Gasteiger partial charge in [0.1, 0.15) is 7.11 Å². The molecule has 0 aromatic heterocycles. The zero-order valence-corrected chi connectivity index (χ0v) is 44.1. The lowest BCUT2D eigenvalue weighted by molar-refractivity contribution is -0.0479. The minimum Gasteiger partial charge on any atom is -0.547 e. The van der Waals surface area contributed by atoms with E-state index in [4.69, 9.17) is 4.43 Å². The number of benzene rings is 3. The molecule has 312 valence electrons. The average molecular weight is 844 g/mol. The molecule has 0 heterocycles. The third-order valence-electron chi connectivity index (χ3n) is 14.4. The summed E-state index contributed by atoms with van der Waals surface area (Å²) in [5.41, 5.74) is 26.9. The molecular weight excluding hydrogens is 765 g/mol. The summed E-state index contributed by atoms with van der Waals surface area (Å²) in [4.78, 5) is 0. The summed E-state index contributed by atoms with van der Waals surface area (Å²) in [6.45, 7) is 44.1. The average Bonchev–Trinajstić information content (AvgIpc) is 3.02. The highest BCUT2D eigenvalue weighted by atomic mass is 29.6. The van der Waals surface area contributed by atoms with E-state index in [9.17, 15) is 0 Å². The lowest BCUT2D eigenvalue weighted by atomic mass is 9.48. The Morgan fingerprint density at radius 3 is 1.34 bits per heavy atom. The number of aryl methyl sites for hydroxylation is 9. The van der Waals surface area contributed by atoms with Crippen molar-refractivity contribution in [3.05, 3.63) is 115 Å². The molecule has 4 fully saturated rings. The fourth-order valence-electron chi connectivity index (χ4n) is 13.0. The predicted molar refractivity (Wildman–Crippen MR) is 266 cm³/mol. The summed E-state index contributed by atoms with van der Waals surface area (Å²) in [6, 6.07) is 14.4. The van der Waals surface area contributed by atoms with Crippen LogP contribution in [0.1, 0.15) is 112 Å². The molecule has 3 aromatic carbocycles. The van der Waals surface area contributed by atoms with Gasteiger partial charge in [-0.25, -0.2) is 0 Å². The van der Waals surface area contributed by atoms with Crippen molar-refractivity contribution >= 4 is 41.8 Å². The first-order valence-electron chi connectivity index (χ1n) is 22.6. The van der Waals surface area contributed by atoms with Gasteiger partial charge in [-0.3, -0.25) is 0 Å². The van der Waals surface area contributed by atoms with Crippen molar-refractivity contribution < 1.29 is 4.43 Å². The highest BCUT2D eigenvalue weighted by molar-refractivity contribution is 7.73. The molecule has 0 radical (unpaired) electrons. The molecule has 3 aromatic rings. The Bertz CT molecular complexity index is 2100. The molecule has 4 aliphatic carbocycles. The normalized spacial score (nSPS) is 22.8. The maximum absolute atomic E-state index is 7.79. The van der Waals surface area contributed by atoms with Gasteiger partial charge < -0.3 is 4.43 Å². The van der Waals surface area contributed by atoms with Crippen LogP contribution in [0.2, 0.25) is 58.9 Å². The highest BCUT2D eigenvalue weighted by Gasteiger charge is 2.56. The van der Waals surface area contributed by atoms with Crippen molar-refractivity contribution in [3.63, 3.8) is 0 Å². The fraction of sp³-hybridized carbons (Fsp3) is 0.547. The van der Waals surface area contributed by atoms with Crippen molar-refractivity contribution in [3.8, 4) is 11.5 Å². The monoisotopic (exact) mass is 843 g/mol. The second kappa shape index (κ2) is 16.0. The molecular formula is C53H78OSi4. The van der Waals surface area contributed by atoms with Crippen LogP contribution in [0, 0.1) is 96.9 Å². The lowest BCUT2D eigenvalue weighted by Gasteiger charge is -2.58. The summed E-state index contributed by atoms with van der Waals surface area (Å²) < 4.78 is 7.79. The minimum absolute atomic E-state index is 0.128. The molecule has 1 nitrogen and oxygen atoms in total. The standard InChI is InChI=1S/C53H78OSi4/c1-35-21-38(4)48(39(5)22-35)19-20-58(56(13,14)15,57(16,17)18)34-47(50-40(6)23-36(2)24-41(50)7)30-49(51-42(8)25-37(3)26-43(51)9)52(54-55(10,11)12)53-31-44-27-45(32-53)29-46(28-44)33-53/h21-26,34,44-46H,27-33H2,1-18H3/b47-34-,52-49+. The molecule has 7 rings (SSSR count). The smallest absolute Gasteiger partial charge is 0.241 e. The zero-order valence-electron chi connectivity index (χ0n) is 40.1. The Balaban J connectivity index is 1.76. The minimum atomic E-state index is -2.40. The predicted octanol–water partition coefficient (Wildman–Crippen LogP) is 15.1. The molecule has 0 saturated heterocycles. The van der Waals surface area contributed by atoms with Gasteiger partial charge in [-0.15, -0.1) is 5.54 Å². The van der Waals surface area contributed by atoms with Crippen molar-refractivity contribution in [2.45, 2.75) is 166 Å². The van der Waals surface area contributed by atoms with Gasteiger partial charge in [0.05, 0.1) is 20.9 Å². The van der Waals surface area contributed by atoms with Crippen LogP contribution in [0.25, 0.3) is 11.1 Å². The largest absolute Gasteiger partial charge is 0.547 e. The Hall–Kier alpha value is -2.63. The summed E-state index contributed by atoms with van der Waals surface area (Å²) in [5, 5.41) is 0. The third-order valence-corrected chi connectivity index (χ3v) is 50.5. The molecule has 4 bridgehead atoms. The Labute approximate surface area is 359 Å². The molecule has 0 aliphatic heterocycles. The maximum Gasteiger partial charge on any atom is 0.241 e. The molecule has 0 amide bonds. The van der Waals surface area contributed by atoms with Crippen molar-refractivity contribution in [1.29, 1.82) is 0 Å². The van der Waals surface area contributed by atoms with E-state index in [2.05, 4.69) is 175 Å². The second-order valence-corrected chi connectivity index (χ2v) is 53.8. The zero-order chi connectivity index (χ0) is 42.9. The van der Waals surface area contributed by atoms with Crippen LogP contribution in [-0.4, -0.2) is 30.6 Å². The molecule has 0 N–H and O–H groups in total. The Morgan fingerprint density at radius 1 is 0.586 bits per heavy atom. The molecule has 4 saturated carbocycles. The molecule has 0 atom stereocenters. The van der Waals surface area contributed by atoms with Crippen LogP contribution < -0.4 is 0 Å². The van der Waals surface area contributed by atoms with Crippen LogP contribution in [0.3, 0.4) is 0 Å². The third kappa shape index (κ3) is 8.88. The Morgan fingerprint density at radius 2 is 0.966 bits per heavy atom. The van der Waals surface area contributed by atoms with Crippen LogP contribution in [0.4, 0.5) is 0 Å². The quantitative estimate of drug-likeness (QED) is 0.112. The number of rotatable bonds is 10. The van der Waals surface area contributed by atoms with E-state index in [0.29, 0.717) is 0 Å². The highest BCUT2D eigenvalue weighted by Crippen LogP contribution is 2.64. The van der Waals surface area contributed by atoms with E-state index in [-0.39, 0.29) is 5.41 Å². The van der Waals surface area contributed by atoms with Crippen LogP contribution in [0.15, 0.2) is 47.9 Å². The van der Waals surface area contributed by atoms with Gasteiger partial charge in [0.2, 0.25) is 8.32 Å². The topological polar surface area (TPSA) is 9.23 Å². The van der Waals surface area contributed by atoms with Gasteiger partial charge in [-0.2, -0.15) is 0 Å². The number of allylic oxidation sites excluding steroid dienone is 3. The number of hydrogen-bond donors (Lipinski definition) is 0. The van der Waals surface area contributed by atoms with E-state index in [1.54, 1.807) is 0 Å². The van der Waals surface area contributed by atoms with Gasteiger partial charge in [-0.05, 0) is 188 Å². The van der Waals surface area contributed by atoms with Crippen molar-refractivity contribution in [1.82, 2.24) is 0 Å². The number of hydrogen-bond acceptors (Lipinski definition) is 1. The summed E-state index contributed by atoms with van der Waals surface area (Å²) >= 11 is 0. The van der Waals surface area contributed by atoms with Crippen molar-refractivity contribution in [2.24, 2.45) is 23.2 Å². The molecule has 0 unspecified atom stereocenters. The Kier molecular flexibility index (Phi) is 12.4. The van der Waals surface area contributed by atoms with E-state index < -0.39 is 30.6 Å². The SMILES string of the molecule is Cc1cc(C)c(C#C[Si](/C=C(/C/C(=C(\O[Si](C)(C)C)C23CC4CC(CC(C4)C2)C3)c2c(C)cc(C)cc2C)c2c(C)cc(C)cc2C)([Si](C)(C)C)[Si](C)(C)C)c(C)c1. The van der Waals surface area contributed by atoms with Gasteiger partial charge in [-0.1, -0.05) is 104 Å². The molecule has 0 spiro atoms. The first kappa shape index (κ1) is 44.9. The van der Waals surface area contributed by atoms with E-state index >= 15 is 0 Å². The van der Waals surface area contributed by atoms with Crippen LogP contribution in [0.5, 0.6) is 0 Å². The first-order valence-corrected chi connectivity index (χ1v) is 37.1. The van der Waals surface area contributed by atoms with Gasteiger partial charge in [0.25, 0.3) is 0 Å². The maximum atomic E-state index is 7.79. The summed E-state index contributed by atoms with van der Waals surface area (Å²) in [6.07, 6.45) is 9.10. The second-order valence-electron chi connectivity index (χ2n) is 22.9. The van der Waals surface area contributed by atoms with E-state index in [1.165, 1.54) is 122 Å². The van der Waals surface area contributed by atoms with Gasteiger partial charge in [0.15, 0.2) is 0 Å². The van der Waals surface area contributed by atoms with Gasteiger partial charge >= 0.3 is 0 Å². The van der Waals surface area contributed by atoms with Crippen LogP contribution >= 0.6 is 0 Å². The van der Waals surface area contributed by atoms with Crippen LogP contribution in [-0.2, 0) is 4.43 Å². The molecule has 5 heteroatoms. The lowest BCUT2D eigenvalue weighted by Crippen LogP contribution is -2.70. The molecule has 58 heavy (non-hydrogen) atoms. The molecule has 4 aliphatic rings. The fourth-order valence-corrected chi connectivity index (χ4v) is 52.2. The van der Waals surface area contributed by atoms with E-state index in [0.717, 1.165) is 24.2 Å². The summed E-state index contributed by atoms with van der Waals surface area (Å²) in [7, 11) is -8.20. The van der Waals surface area contributed by atoms with Gasteiger partial charge in [0, 0.05) is 23.0 Å². The summed E-state index contributed by atoms with van der Waals surface area (Å²) in [5.74, 6) is 7.94. The van der Waals surface area contributed by atoms with E-state index in [1.807, 2.05) is 0 Å². The first-order chi connectivity index (χ1) is 26.7.